The third-order valence-corrected chi connectivity index (χ3v) is 2.67. The molecule has 2 nitrogen and oxygen atoms in total. The van der Waals surface area contributed by atoms with E-state index in [1.54, 1.807) is 0 Å². The summed E-state index contributed by atoms with van der Waals surface area (Å²) in [6.07, 6.45) is -3.99. The average molecular weight is 265 g/mol. The van der Waals surface area contributed by atoms with E-state index in [2.05, 4.69) is 5.32 Å². The molecule has 0 bridgehead atoms. The van der Waals surface area contributed by atoms with Crippen molar-refractivity contribution in [2.24, 2.45) is 0 Å². The molecule has 0 aliphatic carbocycles. The number of aliphatic hydroxyl groups excluding tert-OH is 1. The molecule has 1 aromatic rings. The highest BCUT2D eigenvalue weighted by Gasteiger charge is 2.33. The molecule has 0 aliphatic heterocycles. The zero-order chi connectivity index (χ0) is 13.8. The minimum absolute atomic E-state index is 0.0317. The minimum Gasteiger partial charge on any atom is -0.395 e. The molecule has 102 valence electrons. The monoisotopic (exact) mass is 265 g/mol. The van der Waals surface area contributed by atoms with Gasteiger partial charge < -0.3 is 10.4 Å². The Bertz CT molecular complexity index is 388. The summed E-state index contributed by atoms with van der Waals surface area (Å²) < 4.78 is 50.9. The molecule has 0 radical (unpaired) electrons. The molecule has 0 saturated carbocycles. The second-order valence-electron chi connectivity index (χ2n) is 3.97. The number of aliphatic hydroxyl groups is 1. The molecule has 6 heteroatoms. The number of alkyl halides is 3. The van der Waals surface area contributed by atoms with Gasteiger partial charge in [0.1, 0.15) is 5.82 Å². The third-order valence-electron chi connectivity index (χ3n) is 2.67. The van der Waals surface area contributed by atoms with Crippen LogP contribution < -0.4 is 5.32 Å². The number of hydrogen-bond acceptors (Lipinski definition) is 2. The summed E-state index contributed by atoms with van der Waals surface area (Å²) in [5, 5.41) is 11.7. The van der Waals surface area contributed by atoms with E-state index < -0.39 is 17.6 Å². The summed E-state index contributed by atoms with van der Waals surface area (Å²) >= 11 is 0. The lowest BCUT2D eigenvalue weighted by Crippen LogP contribution is -2.32. The molecular formula is C12H15F4NO. The van der Waals surface area contributed by atoms with Crippen LogP contribution in [0.3, 0.4) is 0 Å². The molecule has 0 aromatic heterocycles. The number of nitrogens with one attached hydrogen (secondary N) is 1. The van der Waals surface area contributed by atoms with E-state index in [9.17, 15) is 17.6 Å². The molecule has 1 rings (SSSR count). The maximum atomic E-state index is 12.8. The quantitative estimate of drug-likeness (QED) is 0.802. The number of benzene rings is 1. The van der Waals surface area contributed by atoms with E-state index in [1.807, 2.05) is 6.92 Å². The van der Waals surface area contributed by atoms with Crippen molar-refractivity contribution in [3.8, 4) is 0 Å². The first-order chi connectivity index (χ1) is 8.38. The lowest BCUT2D eigenvalue weighted by molar-refractivity contribution is -0.138. The molecule has 0 amide bonds. The van der Waals surface area contributed by atoms with Crippen molar-refractivity contribution in [3.05, 3.63) is 35.1 Å². The predicted molar refractivity (Wildman–Crippen MR) is 59.4 cm³/mol. The second kappa shape index (κ2) is 6.15. The Labute approximate surface area is 103 Å². The molecular weight excluding hydrogens is 250 g/mol. The zero-order valence-corrected chi connectivity index (χ0v) is 9.89. The highest BCUT2D eigenvalue weighted by Crippen LogP contribution is 2.32. The van der Waals surface area contributed by atoms with Crippen molar-refractivity contribution in [1.29, 1.82) is 0 Å². The van der Waals surface area contributed by atoms with Gasteiger partial charge in [-0.3, -0.25) is 0 Å². The summed E-state index contributed by atoms with van der Waals surface area (Å²) in [4.78, 5) is 0. The summed E-state index contributed by atoms with van der Waals surface area (Å²) in [7, 11) is 0. The highest BCUT2D eigenvalue weighted by molar-refractivity contribution is 5.30. The number of rotatable bonds is 5. The van der Waals surface area contributed by atoms with Gasteiger partial charge in [0.2, 0.25) is 0 Å². The van der Waals surface area contributed by atoms with Crippen LogP contribution in [-0.4, -0.2) is 17.8 Å². The van der Waals surface area contributed by atoms with E-state index in [0.717, 1.165) is 12.1 Å². The summed E-state index contributed by atoms with van der Waals surface area (Å²) in [6, 6.07) is 2.31. The standard InChI is InChI=1S/C12H15F4NO/c1-2-10(7-18)17-6-8-3-4-9(13)5-11(8)12(14,15)16/h3-5,10,17-18H,2,6-7H2,1H3. The Morgan fingerprint density at radius 1 is 1.33 bits per heavy atom. The van der Waals surface area contributed by atoms with Gasteiger partial charge in [-0.2, -0.15) is 13.2 Å². The van der Waals surface area contributed by atoms with Crippen molar-refractivity contribution in [2.75, 3.05) is 6.61 Å². The Hall–Kier alpha value is -1.14. The van der Waals surface area contributed by atoms with Crippen molar-refractivity contribution >= 4 is 0 Å². The van der Waals surface area contributed by atoms with Crippen LogP contribution in [0.4, 0.5) is 17.6 Å². The average Bonchev–Trinajstić information content (AvgIpc) is 2.30. The fraction of sp³-hybridized carbons (Fsp3) is 0.500. The first-order valence-electron chi connectivity index (χ1n) is 5.58. The second-order valence-corrected chi connectivity index (χ2v) is 3.97. The summed E-state index contributed by atoms with van der Waals surface area (Å²) in [6.45, 7) is 1.59. The van der Waals surface area contributed by atoms with Gasteiger partial charge in [-0.15, -0.1) is 0 Å². The van der Waals surface area contributed by atoms with Crippen LogP contribution >= 0.6 is 0 Å². The Balaban J connectivity index is 2.88. The van der Waals surface area contributed by atoms with Crippen LogP contribution in [-0.2, 0) is 12.7 Å². The predicted octanol–water partition coefficient (Wildman–Crippen LogP) is 2.71. The Morgan fingerprint density at radius 3 is 2.50 bits per heavy atom. The smallest absolute Gasteiger partial charge is 0.395 e. The SMILES string of the molecule is CCC(CO)NCc1ccc(F)cc1C(F)(F)F. The Kier molecular flexibility index (Phi) is 5.10. The lowest BCUT2D eigenvalue weighted by atomic mass is 10.1. The fourth-order valence-electron chi connectivity index (χ4n) is 1.56. The van der Waals surface area contributed by atoms with Crippen LogP contribution in [0.1, 0.15) is 24.5 Å². The molecule has 0 fully saturated rings. The van der Waals surface area contributed by atoms with E-state index in [4.69, 9.17) is 5.11 Å². The maximum Gasteiger partial charge on any atom is 0.416 e. The van der Waals surface area contributed by atoms with Crippen LogP contribution in [0.2, 0.25) is 0 Å². The van der Waals surface area contributed by atoms with Gasteiger partial charge in [0.25, 0.3) is 0 Å². The lowest BCUT2D eigenvalue weighted by Gasteiger charge is -2.17. The van der Waals surface area contributed by atoms with Crippen LogP contribution in [0.15, 0.2) is 18.2 Å². The molecule has 18 heavy (non-hydrogen) atoms. The minimum atomic E-state index is -4.58. The van der Waals surface area contributed by atoms with Crippen molar-refractivity contribution in [1.82, 2.24) is 5.32 Å². The van der Waals surface area contributed by atoms with Crippen LogP contribution in [0.25, 0.3) is 0 Å². The van der Waals surface area contributed by atoms with Gasteiger partial charge in [0.15, 0.2) is 0 Å². The van der Waals surface area contributed by atoms with Gasteiger partial charge in [-0.05, 0) is 24.1 Å². The zero-order valence-electron chi connectivity index (χ0n) is 9.89. The first-order valence-corrected chi connectivity index (χ1v) is 5.58. The van der Waals surface area contributed by atoms with Gasteiger partial charge in [0.05, 0.1) is 12.2 Å². The van der Waals surface area contributed by atoms with Gasteiger partial charge >= 0.3 is 6.18 Å². The van der Waals surface area contributed by atoms with Crippen LogP contribution in [0.5, 0.6) is 0 Å². The van der Waals surface area contributed by atoms with Gasteiger partial charge in [-0.25, -0.2) is 4.39 Å². The highest BCUT2D eigenvalue weighted by atomic mass is 19.4. The number of halogens is 4. The largest absolute Gasteiger partial charge is 0.416 e. The topological polar surface area (TPSA) is 32.3 Å². The third kappa shape index (κ3) is 3.96. The number of hydrogen-bond donors (Lipinski definition) is 2. The molecule has 0 heterocycles. The summed E-state index contributed by atoms with van der Waals surface area (Å²) in [5.74, 6) is -0.916. The van der Waals surface area contributed by atoms with Crippen molar-refractivity contribution in [2.45, 2.75) is 32.1 Å². The van der Waals surface area contributed by atoms with E-state index in [-0.39, 0.29) is 24.8 Å². The molecule has 1 atom stereocenters. The normalized spacial score (nSPS) is 13.7. The van der Waals surface area contributed by atoms with Crippen LogP contribution in [0, 0.1) is 5.82 Å². The fourth-order valence-corrected chi connectivity index (χ4v) is 1.56. The molecule has 1 aromatic carbocycles. The first kappa shape index (κ1) is 14.9. The molecule has 0 saturated heterocycles. The van der Waals surface area contributed by atoms with E-state index in [1.165, 1.54) is 0 Å². The molecule has 0 spiro atoms. The van der Waals surface area contributed by atoms with Gasteiger partial charge in [0, 0.05) is 12.6 Å². The summed E-state index contributed by atoms with van der Waals surface area (Å²) in [5.41, 5.74) is -1.02. The Morgan fingerprint density at radius 2 is 2.00 bits per heavy atom. The van der Waals surface area contributed by atoms with Gasteiger partial charge in [-0.1, -0.05) is 13.0 Å². The van der Waals surface area contributed by atoms with Crippen molar-refractivity contribution < 1.29 is 22.7 Å². The molecule has 0 aliphatic rings. The van der Waals surface area contributed by atoms with E-state index >= 15 is 0 Å². The molecule has 2 N–H and O–H groups in total. The maximum absolute atomic E-state index is 12.8. The molecule has 1 unspecified atom stereocenters. The van der Waals surface area contributed by atoms with Crippen molar-refractivity contribution in [3.63, 3.8) is 0 Å². The van der Waals surface area contributed by atoms with E-state index in [0.29, 0.717) is 12.5 Å².